The van der Waals surface area contributed by atoms with Crippen molar-refractivity contribution >= 4 is 28.2 Å². The zero-order valence-electron chi connectivity index (χ0n) is 11.6. The van der Waals surface area contributed by atoms with Gasteiger partial charge in [-0.05, 0) is 26.9 Å². The number of nitrogen functional groups attached to an aromatic ring is 1. The smallest absolute Gasteiger partial charge is 0.267 e. The van der Waals surface area contributed by atoms with Gasteiger partial charge in [-0.1, -0.05) is 11.3 Å². The maximum Gasteiger partial charge on any atom is 0.267 e. The molecule has 1 heterocycles. The number of thiazole rings is 1. The van der Waals surface area contributed by atoms with Gasteiger partial charge in [0.2, 0.25) is 0 Å². The van der Waals surface area contributed by atoms with Crippen molar-refractivity contribution in [1.29, 1.82) is 0 Å². The minimum absolute atomic E-state index is 0.0549. The van der Waals surface area contributed by atoms with Gasteiger partial charge in [0.25, 0.3) is 5.91 Å². The average Bonchev–Trinajstić information content (AvgIpc) is 3.08. The van der Waals surface area contributed by atoms with E-state index in [0.717, 1.165) is 11.7 Å². The summed E-state index contributed by atoms with van der Waals surface area (Å²) < 4.78 is 0. The topological polar surface area (TPSA) is 74.5 Å². The predicted octanol–water partition coefficient (Wildman–Crippen LogP) is 0.933. The Bertz CT molecular complexity index is 455. The summed E-state index contributed by atoms with van der Waals surface area (Å²) in [7, 11) is 5.76. The van der Waals surface area contributed by atoms with Gasteiger partial charge in [0.1, 0.15) is 10.7 Å². The number of hydrogen-bond donors (Lipinski definition) is 2. The molecule has 7 heteroatoms. The fourth-order valence-electron chi connectivity index (χ4n) is 1.57. The van der Waals surface area contributed by atoms with Crippen molar-refractivity contribution in [3.63, 3.8) is 0 Å². The second kappa shape index (κ2) is 5.75. The SMILES string of the molecule is CN(C)CCN(C)C(=O)c1sc(NC2CC2)nc1N. The molecule has 0 atom stereocenters. The standard InChI is InChI=1S/C12H21N5OS/c1-16(2)6-7-17(3)11(18)9-10(13)15-12(19-9)14-8-4-5-8/h8H,4-7,13H2,1-3H3,(H,14,15). The maximum atomic E-state index is 12.3. The zero-order chi connectivity index (χ0) is 14.0. The first-order chi connectivity index (χ1) is 8.97. The molecule has 1 amide bonds. The fraction of sp³-hybridized carbons (Fsp3) is 0.667. The molecule has 6 nitrogen and oxygen atoms in total. The maximum absolute atomic E-state index is 12.3. The lowest BCUT2D eigenvalue weighted by Gasteiger charge is -2.18. The van der Waals surface area contributed by atoms with Crippen LogP contribution in [0, 0.1) is 0 Å². The van der Waals surface area contributed by atoms with Crippen molar-refractivity contribution in [3.8, 4) is 0 Å². The lowest BCUT2D eigenvalue weighted by atomic mass is 10.4. The minimum atomic E-state index is -0.0549. The van der Waals surface area contributed by atoms with Crippen LogP contribution in [0.5, 0.6) is 0 Å². The third kappa shape index (κ3) is 3.81. The number of nitrogens with two attached hydrogens (primary N) is 1. The molecule has 1 aromatic heterocycles. The predicted molar refractivity (Wildman–Crippen MR) is 78.7 cm³/mol. The number of nitrogens with one attached hydrogen (secondary N) is 1. The average molecular weight is 283 g/mol. The molecule has 1 aromatic rings. The summed E-state index contributed by atoms with van der Waals surface area (Å²) in [5.41, 5.74) is 5.83. The Kier molecular flexibility index (Phi) is 4.26. The van der Waals surface area contributed by atoms with Crippen LogP contribution in [0.25, 0.3) is 0 Å². The molecule has 1 saturated carbocycles. The van der Waals surface area contributed by atoms with Crippen LogP contribution in [-0.4, -0.2) is 61.0 Å². The fourth-order valence-corrected chi connectivity index (χ4v) is 2.53. The molecule has 3 N–H and O–H groups in total. The van der Waals surface area contributed by atoms with Crippen molar-refractivity contribution in [2.45, 2.75) is 18.9 Å². The van der Waals surface area contributed by atoms with Gasteiger partial charge in [0.15, 0.2) is 5.13 Å². The van der Waals surface area contributed by atoms with E-state index < -0.39 is 0 Å². The zero-order valence-corrected chi connectivity index (χ0v) is 12.5. The largest absolute Gasteiger partial charge is 0.382 e. The van der Waals surface area contributed by atoms with Crippen molar-refractivity contribution in [1.82, 2.24) is 14.8 Å². The molecule has 106 valence electrons. The number of carbonyl (C=O) groups is 1. The molecule has 0 aliphatic heterocycles. The van der Waals surface area contributed by atoms with Gasteiger partial charge in [0, 0.05) is 26.2 Å². The number of carbonyl (C=O) groups excluding carboxylic acids is 1. The van der Waals surface area contributed by atoms with Crippen LogP contribution in [0.3, 0.4) is 0 Å². The Morgan fingerprint density at radius 2 is 2.11 bits per heavy atom. The third-order valence-electron chi connectivity index (χ3n) is 2.98. The molecule has 1 aliphatic carbocycles. The van der Waals surface area contributed by atoms with Gasteiger partial charge in [-0.2, -0.15) is 0 Å². The first-order valence-corrected chi connectivity index (χ1v) is 7.22. The van der Waals surface area contributed by atoms with E-state index in [1.165, 1.54) is 24.2 Å². The monoisotopic (exact) mass is 283 g/mol. The highest BCUT2D eigenvalue weighted by Crippen LogP contribution is 2.31. The van der Waals surface area contributed by atoms with E-state index in [2.05, 4.69) is 10.3 Å². The molecular weight excluding hydrogens is 262 g/mol. The number of aromatic nitrogens is 1. The molecule has 2 rings (SSSR count). The molecule has 0 spiro atoms. The van der Waals surface area contributed by atoms with Crippen LogP contribution >= 0.6 is 11.3 Å². The summed E-state index contributed by atoms with van der Waals surface area (Å²) >= 11 is 1.35. The van der Waals surface area contributed by atoms with Gasteiger partial charge in [-0.25, -0.2) is 4.98 Å². The molecule has 0 aromatic carbocycles. The van der Waals surface area contributed by atoms with Crippen LogP contribution in [0.15, 0.2) is 0 Å². The Morgan fingerprint density at radius 3 is 2.68 bits per heavy atom. The second-order valence-electron chi connectivity index (χ2n) is 5.18. The molecule has 1 fully saturated rings. The molecular formula is C12H21N5OS. The summed E-state index contributed by atoms with van der Waals surface area (Å²) in [4.78, 5) is 20.7. The molecule has 0 bridgehead atoms. The van der Waals surface area contributed by atoms with Gasteiger partial charge < -0.3 is 20.9 Å². The van der Waals surface area contributed by atoms with E-state index in [0.29, 0.717) is 23.3 Å². The highest BCUT2D eigenvalue weighted by molar-refractivity contribution is 7.18. The molecule has 0 unspecified atom stereocenters. The van der Waals surface area contributed by atoms with Crippen LogP contribution in [-0.2, 0) is 0 Å². The summed E-state index contributed by atoms with van der Waals surface area (Å²) in [5.74, 6) is 0.274. The van der Waals surface area contributed by atoms with E-state index in [1.807, 2.05) is 19.0 Å². The van der Waals surface area contributed by atoms with Crippen molar-refractivity contribution in [2.75, 3.05) is 45.3 Å². The van der Waals surface area contributed by atoms with E-state index >= 15 is 0 Å². The van der Waals surface area contributed by atoms with Gasteiger partial charge in [-0.3, -0.25) is 4.79 Å². The van der Waals surface area contributed by atoms with Crippen LogP contribution in [0.2, 0.25) is 0 Å². The first kappa shape index (κ1) is 14.1. The van der Waals surface area contributed by atoms with Gasteiger partial charge >= 0.3 is 0 Å². The first-order valence-electron chi connectivity index (χ1n) is 6.40. The Hall–Kier alpha value is -1.34. The van der Waals surface area contributed by atoms with Crippen molar-refractivity contribution in [2.24, 2.45) is 0 Å². The summed E-state index contributed by atoms with van der Waals surface area (Å²) in [6.07, 6.45) is 2.34. The lowest BCUT2D eigenvalue weighted by molar-refractivity contribution is 0.0792. The van der Waals surface area contributed by atoms with Crippen LogP contribution in [0.1, 0.15) is 22.5 Å². The quantitative estimate of drug-likeness (QED) is 0.812. The normalized spacial score (nSPS) is 14.7. The third-order valence-corrected chi connectivity index (χ3v) is 3.97. The molecule has 0 saturated heterocycles. The minimum Gasteiger partial charge on any atom is -0.382 e. The highest BCUT2D eigenvalue weighted by atomic mass is 32.1. The summed E-state index contributed by atoms with van der Waals surface area (Å²) in [5, 5.41) is 4.02. The van der Waals surface area contributed by atoms with Gasteiger partial charge in [0.05, 0.1) is 0 Å². The lowest BCUT2D eigenvalue weighted by Crippen LogP contribution is -2.33. The number of rotatable bonds is 6. The summed E-state index contributed by atoms with van der Waals surface area (Å²) in [6, 6.07) is 0.514. The van der Waals surface area contributed by atoms with E-state index in [-0.39, 0.29) is 5.91 Å². The molecule has 0 radical (unpaired) electrons. The number of likely N-dealkylation sites (N-methyl/N-ethyl adjacent to an activating group) is 2. The van der Waals surface area contributed by atoms with E-state index in [4.69, 9.17) is 5.73 Å². The number of nitrogens with zero attached hydrogens (tertiary/aromatic N) is 3. The van der Waals surface area contributed by atoms with Crippen LogP contribution < -0.4 is 11.1 Å². The van der Waals surface area contributed by atoms with Crippen molar-refractivity contribution < 1.29 is 4.79 Å². The number of anilines is 2. The number of amides is 1. The second-order valence-corrected chi connectivity index (χ2v) is 6.18. The van der Waals surface area contributed by atoms with E-state index in [1.54, 1.807) is 11.9 Å². The molecule has 1 aliphatic rings. The Balaban J connectivity index is 1.98. The summed E-state index contributed by atoms with van der Waals surface area (Å²) in [6.45, 7) is 1.50. The number of hydrogen-bond acceptors (Lipinski definition) is 6. The Labute approximate surface area is 117 Å². The van der Waals surface area contributed by atoms with Crippen molar-refractivity contribution in [3.05, 3.63) is 4.88 Å². The molecule has 19 heavy (non-hydrogen) atoms. The highest BCUT2D eigenvalue weighted by Gasteiger charge is 2.25. The Morgan fingerprint density at radius 1 is 1.42 bits per heavy atom. The van der Waals surface area contributed by atoms with E-state index in [9.17, 15) is 4.79 Å². The van der Waals surface area contributed by atoms with Crippen LogP contribution in [0.4, 0.5) is 10.9 Å². The van der Waals surface area contributed by atoms with Gasteiger partial charge in [-0.15, -0.1) is 0 Å².